The van der Waals surface area contributed by atoms with E-state index in [1.165, 1.54) is 6.33 Å². The van der Waals surface area contributed by atoms with Crippen molar-refractivity contribution in [2.75, 3.05) is 0 Å². The SMILES string of the molecule is Clc1ncnc2c1ncn2-c1ccsc1. The van der Waals surface area contributed by atoms with Crippen molar-refractivity contribution < 1.29 is 0 Å². The summed E-state index contributed by atoms with van der Waals surface area (Å²) in [6.45, 7) is 0. The van der Waals surface area contributed by atoms with E-state index in [4.69, 9.17) is 11.6 Å². The minimum atomic E-state index is 0.383. The van der Waals surface area contributed by atoms with Gasteiger partial charge in [-0.05, 0) is 11.4 Å². The predicted molar refractivity (Wildman–Crippen MR) is 59.5 cm³/mol. The van der Waals surface area contributed by atoms with Crippen molar-refractivity contribution in [1.82, 2.24) is 19.5 Å². The molecule has 0 bridgehead atoms. The smallest absolute Gasteiger partial charge is 0.169 e. The standard InChI is InChI=1S/C9H5ClN4S/c10-8-7-9(12-4-11-8)14(5-13-7)6-1-2-15-3-6/h1-5H. The second-order valence-electron chi connectivity index (χ2n) is 2.93. The van der Waals surface area contributed by atoms with Crippen molar-refractivity contribution >= 4 is 34.1 Å². The molecule has 15 heavy (non-hydrogen) atoms. The van der Waals surface area contributed by atoms with E-state index >= 15 is 0 Å². The van der Waals surface area contributed by atoms with Crippen LogP contribution in [0.4, 0.5) is 0 Å². The van der Waals surface area contributed by atoms with Gasteiger partial charge in [0.2, 0.25) is 0 Å². The first-order chi connectivity index (χ1) is 7.36. The molecule has 0 atom stereocenters. The molecule has 0 N–H and O–H groups in total. The Kier molecular flexibility index (Phi) is 1.93. The molecule has 0 unspecified atom stereocenters. The minimum Gasteiger partial charge on any atom is -0.282 e. The van der Waals surface area contributed by atoms with Crippen LogP contribution in [0.2, 0.25) is 5.15 Å². The molecule has 0 saturated heterocycles. The molecule has 0 aliphatic carbocycles. The summed E-state index contributed by atoms with van der Waals surface area (Å²) in [5.41, 5.74) is 2.40. The van der Waals surface area contributed by atoms with E-state index in [1.54, 1.807) is 17.7 Å². The number of rotatable bonds is 1. The lowest BCUT2D eigenvalue weighted by atomic mass is 10.5. The van der Waals surface area contributed by atoms with Crippen LogP contribution in [-0.4, -0.2) is 19.5 Å². The van der Waals surface area contributed by atoms with Gasteiger partial charge in [0.05, 0.1) is 5.69 Å². The summed E-state index contributed by atoms with van der Waals surface area (Å²) in [6, 6.07) is 2.00. The molecular weight excluding hydrogens is 232 g/mol. The molecule has 6 heteroatoms. The summed E-state index contributed by atoms with van der Waals surface area (Å²) in [7, 11) is 0. The zero-order chi connectivity index (χ0) is 10.3. The normalized spacial score (nSPS) is 11.0. The third kappa shape index (κ3) is 1.32. The van der Waals surface area contributed by atoms with E-state index in [0.717, 1.165) is 11.3 Å². The van der Waals surface area contributed by atoms with Crippen LogP contribution >= 0.6 is 22.9 Å². The maximum atomic E-state index is 5.91. The van der Waals surface area contributed by atoms with Gasteiger partial charge >= 0.3 is 0 Å². The fourth-order valence-corrected chi connectivity index (χ4v) is 2.19. The van der Waals surface area contributed by atoms with Crippen LogP contribution in [0.25, 0.3) is 16.9 Å². The van der Waals surface area contributed by atoms with Crippen molar-refractivity contribution in [3.63, 3.8) is 0 Å². The Morgan fingerprint density at radius 3 is 3.00 bits per heavy atom. The topological polar surface area (TPSA) is 43.6 Å². The average Bonchev–Trinajstić information content (AvgIpc) is 2.85. The molecule has 0 spiro atoms. The number of aromatic nitrogens is 4. The van der Waals surface area contributed by atoms with E-state index in [1.807, 2.05) is 21.4 Å². The highest BCUT2D eigenvalue weighted by Crippen LogP contribution is 2.21. The Labute approximate surface area is 94.2 Å². The van der Waals surface area contributed by atoms with Gasteiger partial charge in [0.1, 0.15) is 18.2 Å². The monoisotopic (exact) mass is 236 g/mol. The highest BCUT2D eigenvalue weighted by molar-refractivity contribution is 7.08. The Morgan fingerprint density at radius 2 is 2.20 bits per heavy atom. The van der Waals surface area contributed by atoms with Crippen molar-refractivity contribution in [1.29, 1.82) is 0 Å². The summed E-state index contributed by atoms with van der Waals surface area (Å²) < 4.78 is 1.89. The first-order valence-electron chi connectivity index (χ1n) is 4.22. The fraction of sp³-hybridized carbons (Fsp3) is 0. The van der Waals surface area contributed by atoms with E-state index in [0.29, 0.717) is 10.7 Å². The molecule has 0 aliphatic rings. The second kappa shape index (κ2) is 3.29. The van der Waals surface area contributed by atoms with Crippen molar-refractivity contribution in [2.24, 2.45) is 0 Å². The lowest BCUT2D eigenvalue weighted by Crippen LogP contribution is -1.91. The van der Waals surface area contributed by atoms with Crippen LogP contribution in [0.15, 0.2) is 29.5 Å². The molecule has 3 rings (SSSR count). The van der Waals surface area contributed by atoms with Crippen LogP contribution in [0.1, 0.15) is 0 Å². The third-order valence-electron chi connectivity index (χ3n) is 2.07. The Bertz CT molecular complexity index is 602. The van der Waals surface area contributed by atoms with Gasteiger partial charge in [-0.2, -0.15) is 11.3 Å². The zero-order valence-electron chi connectivity index (χ0n) is 7.46. The summed E-state index contributed by atoms with van der Waals surface area (Å²) in [5.74, 6) is 0. The lowest BCUT2D eigenvalue weighted by molar-refractivity contribution is 1.07. The van der Waals surface area contributed by atoms with Gasteiger partial charge in [-0.15, -0.1) is 0 Å². The molecule has 0 fully saturated rings. The molecule has 3 aromatic rings. The van der Waals surface area contributed by atoms with E-state index in [9.17, 15) is 0 Å². The van der Waals surface area contributed by atoms with Gasteiger partial charge in [0, 0.05) is 5.38 Å². The van der Waals surface area contributed by atoms with Gasteiger partial charge in [0.25, 0.3) is 0 Å². The molecule has 0 radical (unpaired) electrons. The lowest BCUT2D eigenvalue weighted by Gasteiger charge is -1.98. The number of hydrogen-bond acceptors (Lipinski definition) is 4. The first-order valence-corrected chi connectivity index (χ1v) is 5.54. The van der Waals surface area contributed by atoms with Crippen LogP contribution in [0.5, 0.6) is 0 Å². The number of nitrogens with zero attached hydrogens (tertiary/aromatic N) is 4. The summed E-state index contributed by atoms with van der Waals surface area (Å²) in [6.07, 6.45) is 3.14. The summed E-state index contributed by atoms with van der Waals surface area (Å²) in [5, 5.41) is 4.41. The quantitative estimate of drug-likeness (QED) is 0.610. The van der Waals surface area contributed by atoms with Crippen LogP contribution in [0.3, 0.4) is 0 Å². The largest absolute Gasteiger partial charge is 0.282 e. The van der Waals surface area contributed by atoms with Crippen LogP contribution in [0, 0.1) is 0 Å². The van der Waals surface area contributed by atoms with E-state index in [-0.39, 0.29) is 0 Å². The Hall–Kier alpha value is -1.46. The number of imidazole rings is 1. The Morgan fingerprint density at radius 1 is 1.27 bits per heavy atom. The highest BCUT2D eigenvalue weighted by Gasteiger charge is 2.09. The maximum absolute atomic E-state index is 5.91. The zero-order valence-corrected chi connectivity index (χ0v) is 9.03. The van der Waals surface area contributed by atoms with Crippen molar-refractivity contribution in [3.05, 3.63) is 34.6 Å². The van der Waals surface area contributed by atoms with Crippen LogP contribution in [-0.2, 0) is 0 Å². The van der Waals surface area contributed by atoms with Gasteiger partial charge in [0.15, 0.2) is 10.8 Å². The van der Waals surface area contributed by atoms with Crippen molar-refractivity contribution in [2.45, 2.75) is 0 Å². The number of thiophene rings is 1. The van der Waals surface area contributed by atoms with Gasteiger partial charge < -0.3 is 0 Å². The Balaban J connectivity index is 2.34. The summed E-state index contributed by atoms with van der Waals surface area (Å²) in [4.78, 5) is 12.2. The maximum Gasteiger partial charge on any atom is 0.169 e. The number of hydrogen-bond donors (Lipinski definition) is 0. The van der Waals surface area contributed by atoms with E-state index < -0.39 is 0 Å². The van der Waals surface area contributed by atoms with Gasteiger partial charge in [-0.3, -0.25) is 4.57 Å². The third-order valence-corrected chi connectivity index (χ3v) is 3.02. The molecule has 74 valence electrons. The van der Waals surface area contributed by atoms with E-state index in [2.05, 4.69) is 15.0 Å². The summed E-state index contributed by atoms with van der Waals surface area (Å²) >= 11 is 7.53. The predicted octanol–water partition coefficient (Wildman–Crippen LogP) is 2.53. The van der Waals surface area contributed by atoms with Crippen LogP contribution < -0.4 is 0 Å². The number of halogens is 1. The molecule has 3 heterocycles. The highest BCUT2D eigenvalue weighted by atomic mass is 35.5. The molecule has 4 nitrogen and oxygen atoms in total. The van der Waals surface area contributed by atoms with Gasteiger partial charge in [-0.25, -0.2) is 15.0 Å². The molecule has 3 aromatic heterocycles. The number of fused-ring (bicyclic) bond motifs is 1. The van der Waals surface area contributed by atoms with Crippen molar-refractivity contribution in [3.8, 4) is 5.69 Å². The minimum absolute atomic E-state index is 0.383. The fourth-order valence-electron chi connectivity index (χ4n) is 1.39. The molecule has 0 saturated carbocycles. The molecular formula is C9H5ClN4S. The molecule has 0 aromatic carbocycles. The molecule has 0 amide bonds. The van der Waals surface area contributed by atoms with Gasteiger partial charge in [-0.1, -0.05) is 11.6 Å². The molecule has 0 aliphatic heterocycles. The average molecular weight is 237 g/mol. The second-order valence-corrected chi connectivity index (χ2v) is 4.07. The first kappa shape index (κ1) is 8.82.